The summed E-state index contributed by atoms with van der Waals surface area (Å²) in [7, 11) is 3.14. The summed E-state index contributed by atoms with van der Waals surface area (Å²) < 4.78 is 10.7. The van der Waals surface area contributed by atoms with Crippen molar-refractivity contribution in [1.29, 1.82) is 0 Å². The topological polar surface area (TPSA) is 71.6 Å². The molecule has 1 amide bonds. The van der Waals surface area contributed by atoms with Crippen LogP contribution in [0.25, 0.3) is 0 Å². The van der Waals surface area contributed by atoms with Crippen molar-refractivity contribution in [1.82, 2.24) is 10.6 Å². The van der Waals surface area contributed by atoms with E-state index in [0.29, 0.717) is 33.6 Å². The second-order valence-corrected chi connectivity index (χ2v) is 8.87. The van der Waals surface area contributed by atoms with Gasteiger partial charge >= 0.3 is 0 Å². The van der Waals surface area contributed by atoms with Crippen LogP contribution in [-0.4, -0.2) is 25.2 Å². The molecule has 0 saturated carbocycles. The highest BCUT2D eigenvalue weighted by atomic mass is 32.1. The van der Waals surface area contributed by atoms with Gasteiger partial charge in [0.1, 0.15) is 11.5 Å². The molecule has 0 spiro atoms. The summed E-state index contributed by atoms with van der Waals surface area (Å²) >= 11 is 5.36. The molecule has 0 fully saturated rings. The van der Waals surface area contributed by atoms with Crippen LogP contribution in [0, 0.1) is 0 Å². The molecule has 1 atom stereocenters. The van der Waals surface area contributed by atoms with E-state index in [1.807, 2.05) is 19.1 Å². The lowest BCUT2D eigenvalue weighted by Crippen LogP contribution is -2.45. The van der Waals surface area contributed by atoms with Crippen LogP contribution >= 0.6 is 12.2 Å². The Morgan fingerprint density at radius 2 is 1.74 bits per heavy atom. The fraction of sp³-hybridized carbons (Fsp3) is 0.333. The van der Waals surface area contributed by atoms with Gasteiger partial charge in [-0.05, 0) is 47.8 Å². The Morgan fingerprint density at radius 1 is 1.06 bits per heavy atom. The summed E-state index contributed by atoms with van der Waals surface area (Å²) in [5.74, 6) is 0.916. The first kappa shape index (κ1) is 22.6. The molecule has 0 radical (unpaired) electrons. The summed E-state index contributed by atoms with van der Waals surface area (Å²) in [6.45, 7) is 8.36. The van der Waals surface area contributed by atoms with E-state index in [4.69, 9.17) is 21.7 Å². The predicted octanol–water partition coefficient (Wildman–Crippen LogP) is 4.43. The largest absolute Gasteiger partial charge is 0.497 e. The van der Waals surface area contributed by atoms with Gasteiger partial charge in [0.2, 0.25) is 0 Å². The lowest BCUT2D eigenvalue weighted by molar-refractivity contribution is -0.113. The second kappa shape index (κ2) is 8.98. The van der Waals surface area contributed by atoms with E-state index in [1.165, 1.54) is 5.56 Å². The Morgan fingerprint density at radius 3 is 2.32 bits per heavy atom. The minimum absolute atomic E-state index is 0.0459. The first-order valence-corrected chi connectivity index (χ1v) is 10.5. The molecule has 3 N–H and O–H groups in total. The van der Waals surface area contributed by atoms with Gasteiger partial charge in [-0.3, -0.25) is 4.79 Å². The zero-order valence-electron chi connectivity index (χ0n) is 18.8. The number of carbonyl (C=O) groups excluding carboxylic acids is 1. The molecule has 0 saturated heterocycles. The van der Waals surface area contributed by atoms with E-state index in [1.54, 1.807) is 32.4 Å². The smallest absolute Gasteiger partial charge is 0.255 e. The van der Waals surface area contributed by atoms with Gasteiger partial charge in [-0.25, -0.2) is 0 Å². The Labute approximate surface area is 189 Å². The first-order valence-electron chi connectivity index (χ1n) is 10.1. The molecule has 1 aliphatic rings. The summed E-state index contributed by atoms with van der Waals surface area (Å²) in [5, 5.41) is 9.75. The van der Waals surface area contributed by atoms with Crippen molar-refractivity contribution in [3.63, 3.8) is 0 Å². The number of nitrogens with one attached hydrogen (secondary N) is 3. The quantitative estimate of drug-likeness (QED) is 0.599. The predicted molar refractivity (Wildman–Crippen MR) is 128 cm³/mol. The Kier molecular flexibility index (Phi) is 6.55. The van der Waals surface area contributed by atoms with Gasteiger partial charge in [0, 0.05) is 11.8 Å². The number of hydrogen-bond donors (Lipinski definition) is 3. The molecular formula is C24H29N3O3S. The van der Waals surface area contributed by atoms with Gasteiger partial charge in [0.15, 0.2) is 5.11 Å². The molecule has 2 aromatic rings. The van der Waals surface area contributed by atoms with E-state index >= 15 is 0 Å². The second-order valence-electron chi connectivity index (χ2n) is 8.46. The molecular weight excluding hydrogens is 410 g/mol. The molecule has 0 bridgehead atoms. The maximum atomic E-state index is 13.4. The molecule has 7 heteroatoms. The van der Waals surface area contributed by atoms with E-state index in [0.717, 1.165) is 5.56 Å². The normalized spacial score (nSPS) is 16.3. The van der Waals surface area contributed by atoms with Crippen LogP contribution in [0.2, 0.25) is 0 Å². The van der Waals surface area contributed by atoms with Crippen molar-refractivity contribution in [3.05, 3.63) is 64.9 Å². The third-order valence-electron chi connectivity index (χ3n) is 5.28. The standard InChI is InChI=1S/C24H29N3O3S/c1-14-20(22(28)26-18-13-17(29-5)11-12-19(18)30-6)21(27-23(31)25-14)15-7-9-16(10-8-15)24(2,3)4/h7-13,21H,1-6H3,(H,26,28)(H2,25,27,31). The third-order valence-corrected chi connectivity index (χ3v) is 5.50. The van der Waals surface area contributed by atoms with Crippen molar-refractivity contribution >= 4 is 28.9 Å². The highest BCUT2D eigenvalue weighted by Crippen LogP contribution is 2.33. The van der Waals surface area contributed by atoms with Crippen LogP contribution in [-0.2, 0) is 10.2 Å². The number of ether oxygens (including phenoxy) is 2. The number of amides is 1. The number of allylic oxidation sites excluding steroid dienone is 1. The van der Waals surface area contributed by atoms with Crippen LogP contribution < -0.4 is 25.4 Å². The summed E-state index contributed by atoms with van der Waals surface area (Å²) in [4.78, 5) is 13.4. The molecule has 1 aliphatic heterocycles. The van der Waals surface area contributed by atoms with Gasteiger partial charge < -0.3 is 25.4 Å². The summed E-state index contributed by atoms with van der Waals surface area (Å²) in [6.07, 6.45) is 0. The van der Waals surface area contributed by atoms with E-state index in [-0.39, 0.29) is 17.4 Å². The number of hydrogen-bond acceptors (Lipinski definition) is 4. The SMILES string of the molecule is COc1ccc(OC)c(NC(=O)C2=C(C)NC(=S)NC2c2ccc(C(C)(C)C)cc2)c1. The van der Waals surface area contributed by atoms with Crippen LogP contribution in [0.1, 0.15) is 44.9 Å². The van der Waals surface area contributed by atoms with Gasteiger partial charge in [0.05, 0.1) is 31.5 Å². The lowest BCUT2D eigenvalue weighted by atomic mass is 9.85. The lowest BCUT2D eigenvalue weighted by Gasteiger charge is -2.31. The summed E-state index contributed by atoms with van der Waals surface area (Å²) in [5.41, 5.74) is 4.02. The number of carbonyl (C=O) groups is 1. The third kappa shape index (κ3) is 4.99. The van der Waals surface area contributed by atoms with Crippen LogP contribution in [0.15, 0.2) is 53.7 Å². The van der Waals surface area contributed by atoms with E-state index < -0.39 is 0 Å². The molecule has 3 rings (SSSR count). The molecule has 0 aromatic heterocycles. The molecule has 1 unspecified atom stereocenters. The number of anilines is 1. The van der Waals surface area contributed by atoms with Crippen LogP contribution in [0.5, 0.6) is 11.5 Å². The Hall–Kier alpha value is -3.06. The Balaban J connectivity index is 1.96. The van der Waals surface area contributed by atoms with Crippen molar-refractivity contribution in [2.24, 2.45) is 0 Å². The van der Waals surface area contributed by atoms with Crippen molar-refractivity contribution < 1.29 is 14.3 Å². The van der Waals surface area contributed by atoms with Gasteiger partial charge in [-0.1, -0.05) is 45.0 Å². The minimum Gasteiger partial charge on any atom is -0.497 e. The highest BCUT2D eigenvalue weighted by Gasteiger charge is 2.30. The van der Waals surface area contributed by atoms with Crippen LogP contribution in [0.3, 0.4) is 0 Å². The van der Waals surface area contributed by atoms with Crippen molar-refractivity contribution in [2.75, 3.05) is 19.5 Å². The number of rotatable bonds is 5. The van der Waals surface area contributed by atoms with Gasteiger partial charge in [-0.2, -0.15) is 0 Å². The van der Waals surface area contributed by atoms with Gasteiger partial charge in [0.25, 0.3) is 5.91 Å². The molecule has 0 aliphatic carbocycles. The van der Waals surface area contributed by atoms with Crippen LogP contribution in [0.4, 0.5) is 5.69 Å². The average molecular weight is 440 g/mol. The zero-order valence-corrected chi connectivity index (χ0v) is 19.6. The van der Waals surface area contributed by atoms with Crippen molar-refractivity contribution in [2.45, 2.75) is 39.2 Å². The number of benzene rings is 2. The fourth-order valence-electron chi connectivity index (χ4n) is 3.52. The molecule has 6 nitrogen and oxygen atoms in total. The highest BCUT2D eigenvalue weighted by molar-refractivity contribution is 7.80. The monoisotopic (exact) mass is 439 g/mol. The van der Waals surface area contributed by atoms with E-state index in [9.17, 15) is 4.79 Å². The average Bonchev–Trinajstić information content (AvgIpc) is 2.72. The molecule has 31 heavy (non-hydrogen) atoms. The zero-order chi connectivity index (χ0) is 22.8. The molecule has 2 aromatic carbocycles. The maximum absolute atomic E-state index is 13.4. The maximum Gasteiger partial charge on any atom is 0.255 e. The molecule has 1 heterocycles. The Bertz CT molecular complexity index is 1020. The van der Waals surface area contributed by atoms with E-state index in [2.05, 4.69) is 48.9 Å². The van der Waals surface area contributed by atoms with Gasteiger partial charge in [-0.15, -0.1) is 0 Å². The summed E-state index contributed by atoms with van der Waals surface area (Å²) in [6, 6.07) is 13.2. The number of methoxy groups -OCH3 is 2. The number of thiocarbonyl (C=S) groups is 1. The molecule has 164 valence electrons. The fourth-order valence-corrected chi connectivity index (χ4v) is 3.79. The first-order chi connectivity index (χ1) is 14.6. The minimum atomic E-state index is -0.376. The van der Waals surface area contributed by atoms with Crippen molar-refractivity contribution in [3.8, 4) is 11.5 Å².